The number of rotatable bonds is 3. The molecular formula is C13H11N3O3. The molecule has 0 spiro atoms. The van der Waals surface area contributed by atoms with Crippen molar-refractivity contribution < 1.29 is 14.3 Å². The van der Waals surface area contributed by atoms with Gasteiger partial charge in [0, 0.05) is 0 Å². The van der Waals surface area contributed by atoms with Gasteiger partial charge in [0.05, 0.1) is 29.1 Å². The number of hydrogen-bond donors (Lipinski definition) is 1. The number of carbonyl (C=O) groups is 1. The van der Waals surface area contributed by atoms with Crippen LogP contribution in [0.15, 0.2) is 35.1 Å². The smallest absolute Gasteiger partial charge is 0.335 e. The summed E-state index contributed by atoms with van der Waals surface area (Å²) >= 11 is 0. The van der Waals surface area contributed by atoms with E-state index in [1.165, 1.54) is 0 Å². The van der Waals surface area contributed by atoms with E-state index in [4.69, 9.17) is 9.52 Å². The van der Waals surface area contributed by atoms with Crippen molar-refractivity contribution in [2.24, 2.45) is 0 Å². The maximum Gasteiger partial charge on any atom is 0.335 e. The van der Waals surface area contributed by atoms with Crippen LogP contribution in [0.25, 0.3) is 11.0 Å². The SMILES string of the molecule is Cc1cnc(Cn2cnc3cc(C(=O)O)ccc32)o1. The summed E-state index contributed by atoms with van der Waals surface area (Å²) in [4.78, 5) is 19.2. The number of imidazole rings is 1. The van der Waals surface area contributed by atoms with E-state index in [0.717, 1.165) is 11.3 Å². The van der Waals surface area contributed by atoms with Crippen molar-refractivity contribution in [2.75, 3.05) is 0 Å². The molecule has 0 saturated heterocycles. The monoisotopic (exact) mass is 257 g/mol. The summed E-state index contributed by atoms with van der Waals surface area (Å²) in [6, 6.07) is 4.85. The quantitative estimate of drug-likeness (QED) is 0.776. The number of hydrogen-bond acceptors (Lipinski definition) is 4. The van der Waals surface area contributed by atoms with Crippen LogP contribution in [-0.2, 0) is 6.54 Å². The molecule has 0 amide bonds. The van der Waals surface area contributed by atoms with Crippen LogP contribution in [0.5, 0.6) is 0 Å². The van der Waals surface area contributed by atoms with E-state index in [9.17, 15) is 4.79 Å². The average Bonchev–Trinajstić information content (AvgIpc) is 2.96. The molecule has 0 aliphatic heterocycles. The van der Waals surface area contributed by atoms with Crippen molar-refractivity contribution in [3.05, 3.63) is 47.9 Å². The second-order valence-electron chi connectivity index (χ2n) is 4.25. The fourth-order valence-corrected chi connectivity index (χ4v) is 1.94. The maximum atomic E-state index is 10.9. The second-order valence-corrected chi connectivity index (χ2v) is 4.25. The van der Waals surface area contributed by atoms with Crippen LogP contribution >= 0.6 is 0 Å². The van der Waals surface area contributed by atoms with Crippen molar-refractivity contribution in [1.29, 1.82) is 0 Å². The van der Waals surface area contributed by atoms with Crippen LogP contribution in [0, 0.1) is 6.92 Å². The lowest BCUT2D eigenvalue weighted by Crippen LogP contribution is -1.99. The summed E-state index contributed by atoms with van der Waals surface area (Å²) in [5.74, 6) is 0.395. The molecule has 0 atom stereocenters. The van der Waals surface area contributed by atoms with Crippen molar-refractivity contribution in [2.45, 2.75) is 13.5 Å². The largest absolute Gasteiger partial charge is 0.478 e. The standard InChI is InChI=1S/C13H11N3O3/c1-8-5-14-12(19-8)6-16-7-15-10-4-9(13(17)18)2-3-11(10)16/h2-5,7H,6H2,1H3,(H,17,18). The maximum absolute atomic E-state index is 10.9. The summed E-state index contributed by atoms with van der Waals surface area (Å²) in [6.45, 7) is 2.30. The van der Waals surface area contributed by atoms with Gasteiger partial charge in [0.2, 0.25) is 5.89 Å². The van der Waals surface area contributed by atoms with E-state index in [-0.39, 0.29) is 5.56 Å². The first-order chi connectivity index (χ1) is 9.13. The molecule has 19 heavy (non-hydrogen) atoms. The first kappa shape index (κ1) is 11.5. The van der Waals surface area contributed by atoms with Crippen LogP contribution in [0.2, 0.25) is 0 Å². The highest BCUT2D eigenvalue weighted by Crippen LogP contribution is 2.16. The number of aromatic carboxylic acids is 1. The van der Waals surface area contributed by atoms with Gasteiger partial charge in [-0.15, -0.1) is 0 Å². The highest BCUT2D eigenvalue weighted by molar-refractivity contribution is 5.92. The molecule has 1 aromatic carbocycles. The molecule has 96 valence electrons. The fraction of sp³-hybridized carbons (Fsp3) is 0.154. The van der Waals surface area contributed by atoms with Gasteiger partial charge in [-0.25, -0.2) is 14.8 Å². The Balaban J connectivity index is 1.99. The van der Waals surface area contributed by atoms with Crippen molar-refractivity contribution in [3.63, 3.8) is 0 Å². The molecule has 0 aliphatic rings. The number of carboxylic acid groups (broad SMARTS) is 1. The summed E-state index contributed by atoms with van der Waals surface area (Å²) in [6.07, 6.45) is 3.31. The van der Waals surface area contributed by atoms with Gasteiger partial charge in [0.15, 0.2) is 0 Å². The minimum absolute atomic E-state index is 0.227. The molecule has 0 bridgehead atoms. The van der Waals surface area contributed by atoms with Gasteiger partial charge in [-0.1, -0.05) is 0 Å². The molecule has 6 nitrogen and oxygen atoms in total. The third-order valence-electron chi connectivity index (χ3n) is 2.84. The molecule has 3 aromatic rings. The molecule has 1 N–H and O–H groups in total. The summed E-state index contributed by atoms with van der Waals surface area (Å²) in [5, 5.41) is 8.93. The lowest BCUT2D eigenvalue weighted by atomic mass is 10.2. The molecule has 0 aliphatic carbocycles. The molecule has 2 heterocycles. The predicted molar refractivity (Wildman–Crippen MR) is 67.0 cm³/mol. The lowest BCUT2D eigenvalue weighted by molar-refractivity contribution is 0.0697. The van der Waals surface area contributed by atoms with Crippen molar-refractivity contribution in [1.82, 2.24) is 14.5 Å². The van der Waals surface area contributed by atoms with Gasteiger partial charge < -0.3 is 14.1 Å². The molecule has 2 aromatic heterocycles. The van der Waals surface area contributed by atoms with Gasteiger partial charge >= 0.3 is 5.97 Å². The van der Waals surface area contributed by atoms with Crippen molar-refractivity contribution in [3.8, 4) is 0 Å². The first-order valence-corrected chi connectivity index (χ1v) is 5.73. The van der Waals surface area contributed by atoms with Gasteiger partial charge in [0.1, 0.15) is 12.3 Å². The van der Waals surface area contributed by atoms with E-state index in [1.54, 1.807) is 30.7 Å². The Kier molecular flexibility index (Phi) is 2.56. The Morgan fingerprint density at radius 3 is 2.95 bits per heavy atom. The Morgan fingerprint density at radius 2 is 2.26 bits per heavy atom. The average molecular weight is 257 g/mol. The van der Waals surface area contributed by atoms with Gasteiger partial charge in [0.25, 0.3) is 0 Å². The highest BCUT2D eigenvalue weighted by Gasteiger charge is 2.09. The molecule has 0 radical (unpaired) electrons. The number of carboxylic acids is 1. The van der Waals surface area contributed by atoms with E-state index < -0.39 is 5.97 Å². The summed E-state index contributed by atoms with van der Waals surface area (Å²) in [5.41, 5.74) is 1.72. The zero-order valence-corrected chi connectivity index (χ0v) is 10.2. The number of aryl methyl sites for hydroxylation is 1. The number of aromatic nitrogens is 3. The lowest BCUT2D eigenvalue weighted by Gasteiger charge is -2.01. The van der Waals surface area contributed by atoms with E-state index in [2.05, 4.69) is 9.97 Å². The highest BCUT2D eigenvalue weighted by atomic mass is 16.4. The van der Waals surface area contributed by atoms with Crippen LogP contribution < -0.4 is 0 Å². The fourth-order valence-electron chi connectivity index (χ4n) is 1.94. The molecule has 0 saturated carbocycles. The predicted octanol–water partition coefficient (Wildman–Crippen LogP) is 2.08. The van der Waals surface area contributed by atoms with Gasteiger partial charge in [-0.2, -0.15) is 0 Å². The van der Waals surface area contributed by atoms with E-state index in [1.807, 2.05) is 11.5 Å². The Hall–Kier alpha value is -2.63. The first-order valence-electron chi connectivity index (χ1n) is 5.73. The Bertz CT molecular complexity index is 757. The topological polar surface area (TPSA) is 81.2 Å². The molecule has 0 fully saturated rings. The number of oxazole rings is 1. The minimum Gasteiger partial charge on any atom is -0.478 e. The third-order valence-corrected chi connectivity index (χ3v) is 2.84. The van der Waals surface area contributed by atoms with Crippen LogP contribution in [0.1, 0.15) is 22.0 Å². The summed E-state index contributed by atoms with van der Waals surface area (Å²) in [7, 11) is 0. The minimum atomic E-state index is -0.959. The van der Waals surface area contributed by atoms with E-state index in [0.29, 0.717) is 18.0 Å². The van der Waals surface area contributed by atoms with Crippen LogP contribution in [0.3, 0.4) is 0 Å². The van der Waals surface area contributed by atoms with Gasteiger partial charge in [-0.3, -0.25) is 0 Å². The van der Waals surface area contributed by atoms with Crippen LogP contribution in [-0.4, -0.2) is 25.6 Å². The van der Waals surface area contributed by atoms with Gasteiger partial charge in [-0.05, 0) is 25.1 Å². The number of nitrogens with zero attached hydrogens (tertiary/aromatic N) is 3. The molecule has 3 rings (SSSR count). The normalized spacial score (nSPS) is 11.0. The van der Waals surface area contributed by atoms with Crippen LogP contribution in [0.4, 0.5) is 0 Å². The molecule has 6 heteroatoms. The number of fused-ring (bicyclic) bond motifs is 1. The Morgan fingerprint density at radius 1 is 1.42 bits per heavy atom. The van der Waals surface area contributed by atoms with E-state index >= 15 is 0 Å². The summed E-state index contributed by atoms with van der Waals surface area (Å²) < 4.78 is 7.28. The molecule has 0 unspecified atom stereocenters. The van der Waals surface area contributed by atoms with Crippen molar-refractivity contribution >= 4 is 17.0 Å². The zero-order chi connectivity index (χ0) is 13.4. The third kappa shape index (κ3) is 2.08. The Labute approximate surface area is 108 Å². The second kappa shape index (κ2) is 4.24. The number of benzene rings is 1. The zero-order valence-electron chi connectivity index (χ0n) is 10.2. The molecular weight excluding hydrogens is 246 g/mol.